The summed E-state index contributed by atoms with van der Waals surface area (Å²) in [6.45, 7) is 4.17. The maximum Gasteiger partial charge on any atom is 0.0652 e. The van der Waals surface area contributed by atoms with Crippen molar-refractivity contribution in [1.29, 1.82) is 0 Å². The Bertz CT molecular complexity index is 528. The molecule has 1 aliphatic heterocycles. The van der Waals surface area contributed by atoms with E-state index in [2.05, 4.69) is 46.3 Å². The van der Waals surface area contributed by atoms with Crippen molar-refractivity contribution >= 4 is 0 Å². The first-order chi connectivity index (χ1) is 8.38. The summed E-state index contributed by atoms with van der Waals surface area (Å²) in [4.78, 5) is 0. The van der Waals surface area contributed by atoms with E-state index in [0.717, 1.165) is 25.9 Å². The maximum atomic E-state index is 4.52. The highest BCUT2D eigenvalue weighted by Crippen LogP contribution is 2.18. The lowest BCUT2D eigenvalue weighted by atomic mass is 10.1. The van der Waals surface area contributed by atoms with Crippen molar-refractivity contribution in [2.24, 2.45) is 0 Å². The summed E-state index contributed by atoms with van der Waals surface area (Å²) in [6.07, 6.45) is 4.16. The molecular formula is C14H17N3. The van der Waals surface area contributed by atoms with Crippen LogP contribution in [0.4, 0.5) is 0 Å². The van der Waals surface area contributed by atoms with Crippen LogP contribution in [0.5, 0.6) is 0 Å². The third-order valence-electron chi connectivity index (χ3n) is 3.38. The van der Waals surface area contributed by atoms with Crippen LogP contribution < -0.4 is 5.32 Å². The number of benzene rings is 1. The van der Waals surface area contributed by atoms with Gasteiger partial charge in [-0.05, 0) is 42.6 Å². The molecule has 1 aromatic heterocycles. The largest absolute Gasteiger partial charge is 0.311 e. The molecule has 0 aliphatic carbocycles. The van der Waals surface area contributed by atoms with Gasteiger partial charge < -0.3 is 5.32 Å². The number of nitrogens with zero attached hydrogens (tertiary/aromatic N) is 2. The number of aryl methyl sites for hydroxylation is 1. The molecule has 3 heteroatoms. The summed E-state index contributed by atoms with van der Waals surface area (Å²) < 4.78 is 2.07. The highest BCUT2D eigenvalue weighted by molar-refractivity contribution is 5.38. The molecule has 2 aromatic rings. The summed E-state index contributed by atoms with van der Waals surface area (Å²) in [5, 5.41) is 7.93. The molecule has 0 saturated heterocycles. The van der Waals surface area contributed by atoms with Crippen molar-refractivity contribution in [2.45, 2.75) is 26.3 Å². The third-order valence-corrected chi connectivity index (χ3v) is 3.38. The molecule has 0 unspecified atom stereocenters. The van der Waals surface area contributed by atoms with Crippen molar-refractivity contribution in [3.05, 3.63) is 47.3 Å². The molecule has 0 spiro atoms. The Kier molecular flexibility index (Phi) is 2.69. The van der Waals surface area contributed by atoms with Gasteiger partial charge in [-0.1, -0.05) is 19.1 Å². The molecule has 1 N–H and O–H groups in total. The minimum absolute atomic E-state index is 0.922. The Morgan fingerprint density at radius 3 is 3.24 bits per heavy atom. The molecule has 2 heterocycles. The van der Waals surface area contributed by atoms with Crippen LogP contribution >= 0.6 is 0 Å². The van der Waals surface area contributed by atoms with Gasteiger partial charge in [-0.25, -0.2) is 4.68 Å². The summed E-state index contributed by atoms with van der Waals surface area (Å²) >= 11 is 0. The van der Waals surface area contributed by atoms with Gasteiger partial charge in [0.05, 0.1) is 17.6 Å². The van der Waals surface area contributed by atoms with Gasteiger partial charge in [-0.3, -0.25) is 0 Å². The van der Waals surface area contributed by atoms with Gasteiger partial charge in [-0.15, -0.1) is 0 Å². The maximum absolute atomic E-state index is 4.52. The Morgan fingerprint density at radius 2 is 2.35 bits per heavy atom. The molecule has 3 rings (SSSR count). The van der Waals surface area contributed by atoms with Crippen LogP contribution in [0.2, 0.25) is 0 Å². The first-order valence-electron chi connectivity index (χ1n) is 6.24. The Labute approximate surface area is 101 Å². The monoisotopic (exact) mass is 227 g/mol. The van der Waals surface area contributed by atoms with Gasteiger partial charge in [-0.2, -0.15) is 5.10 Å². The number of hydrogen-bond donors (Lipinski definition) is 1. The van der Waals surface area contributed by atoms with Crippen LogP contribution in [-0.2, 0) is 19.4 Å². The van der Waals surface area contributed by atoms with E-state index in [-0.39, 0.29) is 0 Å². The van der Waals surface area contributed by atoms with E-state index < -0.39 is 0 Å². The predicted octanol–water partition coefficient (Wildman–Crippen LogP) is 2.08. The zero-order valence-electron chi connectivity index (χ0n) is 10.1. The van der Waals surface area contributed by atoms with Crippen LogP contribution in [0.1, 0.15) is 23.7 Å². The van der Waals surface area contributed by atoms with E-state index in [1.807, 2.05) is 6.20 Å². The van der Waals surface area contributed by atoms with Gasteiger partial charge in [0.15, 0.2) is 0 Å². The number of aromatic nitrogens is 2. The summed E-state index contributed by atoms with van der Waals surface area (Å²) in [7, 11) is 0. The van der Waals surface area contributed by atoms with Crippen LogP contribution in [0.25, 0.3) is 5.69 Å². The van der Waals surface area contributed by atoms with E-state index in [0.29, 0.717) is 0 Å². The average molecular weight is 227 g/mol. The van der Waals surface area contributed by atoms with Gasteiger partial charge in [0.1, 0.15) is 0 Å². The molecular weight excluding hydrogens is 210 g/mol. The molecule has 0 radical (unpaired) electrons. The molecule has 17 heavy (non-hydrogen) atoms. The first kappa shape index (κ1) is 10.5. The predicted molar refractivity (Wildman–Crippen MR) is 68.4 cm³/mol. The van der Waals surface area contributed by atoms with E-state index in [9.17, 15) is 0 Å². The average Bonchev–Trinajstić information content (AvgIpc) is 2.82. The van der Waals surface area contributed by atoms with Crippen molar-refractivity contribution < 1.29 is 0 Å². The topological polar surface area (TPSA) is 29.9 Å². The zero-order valence-corrected chi connectivity index (χ0v) is 10.1. The summed E-state index contributed by atoms with van der Waals surface area (Å²) in [6, 6.07) is 8.62. The van der Waals surface area contributed by atoms with Gasteiger partial charge in [0.25, 0.3) is 0 Å². The Balaban J connectivity index is 2.05. The lowest BCUT2D eigenvalue weighted by molar-refractivity contribution is 0.614. The van der Waals surface area contributed by atoms with E-state index in [1.54, 1.807) is 0 Å². The normalized spacial score (nSPS) is 14.6. The van der Waals surface area contributed by atoms with E-state index in [1.165, 1.54) is 22.5 Å². The standard InChI is InChI=1S/C14H17N3/c1-2-11-4-3-5-13(8-11)17-14-10-15-7-6-12(14)9-16-17/h3-5,8-9,15H,2,6-7,10H2,1H3. The minimum Gasteiger partial charge on any atom is -0.311 e. The molecule has 88 valence electrons. The van der Waals surface area contributed by atoms with Gasteiger partial charge in [0.2, 0.25) is 0 Å². The molecule has 0 amide bonds. The Hall–Kier alpha value is -1.61. The van der Waals surface area contributed by atoms with Crippen molar-refractivity contribution in [3.8, 4) is 5.69 Å². The fourth-order valence-corrected chi connectivity index (χ4v) is 2.37. The van der Waals surface area contributed by atoms with Gasteiger partial charge in [0, 0.05) is 6.54 Å². The van der Waals surface area contributed by atoms with Crippen molar-refractivity contribution in [2.75, 3.05) is 6.54 Å². The van der Waals surface area contributed by atoms with Crippen LogP contribution in [0, 0.1) is 0 Å². The minimum atomic E-state index is 0.922. The smallest absolute Gasteiger partial charge is 0.0652 e. The number of hydrogen-bond acceptors (Lipinski definition) is 2. The number of nitrogens with one attached hydrogen (secondary N) is 1. The van der Waals surface area contributed by atoms with Crippen molar-refractivity contribution in [1.82, 2.24) is 15.1 Å². The Morgan fingerprint density at radius 1 is 1.41 bits per heavy atom. The quantitative estimate of drug-likeness (QED) is 0.851. The molecule has 1 aromatic carbocycles. The van der Waals surface area contributed by atoms with E-state index in [4.69, 9.17) is 0 Å². The second kappa shape index (κ2) is 4.34. The van der Waals surface area contributed by atoms with Crippen LogP contribution in [0.15, 0.2) is 30.5 Å². The van der Waals surface area contributed by atoms with Gasteiger partial charge >= 0.3 is 0 Å². The zero-order chi connectivity index (χ0) is 11.7. The fourth-order valence-electron chi connectivity index (χ4n) is 2.37. The lowest BCUT2D eigenvalue weighted by Gasteiger charge is -2.15. The summed E-state index contributed by atoms with van der Waals surface area (Å²) in [5.41, 5.74) is 5.22. The fraction of sp³-hybridized carbons (Fsp3) is 0.357. The molecule has 0 fully saturated rings. The number of rotatable bonds is 2. The second-order valence-electron chi connectivity index (χ2n) is 4.48. The molecule has 0 bridgehead atoms. The highest BCUT2D eigenvalue weighted by atomic mass is 15.3. The van der Waals surface area contributed by atoms with Crippen LogP contribution in [0.3, 0.4) is 0 Å². The molecule has 0 saturated carbocycles. The van der Waals surface area contributed by atoms with Crippen molar-refractivity contribution in [3.63, 3.8) is 0 Å². The summed E-state index contributed by atoms with van der Waals surface area (Å²) in [5.74, 6) is 0. The SMILES string of the molecule is CCc1cccc(-n2ncc3c2CNCC3)c1. The number of fused-ring (bicyclic) bond motifs is 1. The second-order valence-corrected chi connectivity index (χ2v) is 4.48. The molecule has 0 atom stereocenters. The lowest BCUT2D eigenvalue weighted by Crippen LogP contribution is -2.24. The van der Waals surface area contributed by atoms with E-state index >= 15 is 0 Å². The third kappa shape index (κ3) is 1.87. The molecule has 1 aliphatic rings. The highest BCUT2D eigenvalue weighted by Gasteiger charge is 2.15. The molecule has 3 nitrogen and oxygen atoms in total. The first-order valence-corrected chi connectivity index (χ1v) is 6.24. The van der Waals surface area contributed by atoms with Crippen LogP contribution in [-0.4, -0.2) is 16.3 Å².